The summed E-state index contributed by atoms with van der Waals surface area (Å²) in [7, 11) is 0. The highest BCUT2D eigenvalue weighted by Gasteiger charge is 2.00. The smallest absolute Gasteiger partial charge is 0.137 e. The van der Waals surface area contributed by atoms with E-state index in [0.717, 1.165) is 0 Å². The van der Waals surface area contributed by atoms with E-state index >= 15 is 0 Å². The van der Waals surface area contributed by atoms with Gasteiger partial charge in [-0.2, -0.15) is 0 Å². The van der Waals surface area contributed by atoms with Crippen molar-refractivity contribution in [3.8, 4) is 18.1 Å². The first-order chi connectivity index (χ1) is 7.24. The second-order valence-corrected chi connectivity index (χ2v) is 3.66. The lowest BCUT2D eigenvalue weighted by Gasteiger charge is -2.06. The summed E-state index contributed by atoms with van der Waals surface area (Å²) in [6.45, 7) is 1.69. The van der Waals surface area contributed by atoms with Crippen molar-refractivity contribution in [2.45, 2.75) is 0 Å². The van der Waals surface area contributed by atoms with Gasteiger partial charge < -0.3 is 10.1 Å². The Morgan fingerprint density at radius 3 is 3.00 bits per heavy atom. The summed E-state index contributed by atoms with van der Waals surface area (Å²) in [5.41, 5.74) is 0. The van der Waals surface area contributed by atoms with E-state index in [0.29, 0.717) is 29.9 Å². The zero-order valence-electron chi connectivity index (χ0n) is 8.09. The zero-order valence-corrected chi connectivity index (χ0v) is 9.68. The standard InChI is InChI=1S/C11H11BrFNO/c1-2-5-14-6-7-15-9-3-4-11(13)10(12)8-9/h1,3-4,8,14H,5-7H2. The first kappa shape index (κ1) is 12.0. The summed E-state index contributed by atoms with van der Waals surface area (Å²) in [5.74, 6) is 2.79. The number of hydrogen-bond donors (Lipinski definition) is 1. The van der Waals surface area contributed by atoms with Crippen molar-refractivity contribution < 1.29 is 9.13 Å². The van der Waals surface area contributed by atoms with Crippen molar-refractivity contribution in [3.63, 3.8) is 0 Å². The fourth-order valence-corrected chi connectivity index (χ4v) is 1.33. The van der Waals surface area contributed by atoms with Crippen LogP contribution >= 0.6 is 15.9 Å². The van der Waals surface area contributed by atoms with Crippen LogP contribution in [-0.2, 0) is 0 Å². The van der Waals surface area contributed by atoms with Crippen LogP contribution in [0.3, 0.4) is 0 Å². The summed E-state index contributed by atoms with van der Waals surface area (Å²) in [6.07, 6.45) is 5.06. The van der Waals surface area contributed by atoms with E-state index in [1.807, 2.05) is 0 Å². The van der Waals surface area contributed by atoms with Crippen LogP contribution in [0.5, 0.6) is 5.75 Å². The molecule has 2 nitrogen and oxygen atoms in total. The molecule has 1 aromatic carbocycles. The van der Waals surface area contributed by atoms with Gasteiger partial charge in [-0.1, -0.05) is 5.92 Å². The van der Waals surface area contributed by atoms with Crippen molar-refractivity contribution in [2.75, 3.05) is 19.7 Å². The molecule has 0 atom stereocenters. The van der Waals surface area contributed by atoms with Crippen LogP contribution in [0.1, 0.15) is 0 Å². The van der Waals surface area contributed by atoms with Crippen LogP contribution in [-0.4, -0.2) is 19.7 Å². The quantitative estimate of drug-likeness (QED) is 0.655. The largest absolute Gasteiger partial charge is 0.492 e. The van der Waals surface area contributed by atoms with Gasteiger partial charge >= 0.3 is 0 Å². The molecule has 0 saturated carbocycles. The third-order valence-electron chi connectivity index (χ3n) is 1.67. The van der Waals surface area contributed by atoms with Crippen molar-refractivity contribution in [1.82, 2.24) is 5.32 Å². The summed E-state index contributed by atoms with van der Waals surface area (Å²) < 4.78 is 18.6. The van der Waals surface area contributed by atoms with Gasteiger partial charge in [-0.15, -0.1) is 6.42 Å². The van der Waals surface area contributed by atoms with E-state index in [9.17, 15) is 4.39 Å². The Balaban J connectivity index is 2.32. The van der Waals surface area contributed by atoms with Crippen LogP contribution in [0, 0.1) is 18.2 Å². The zero-order chi connectivity index (χ0) is 11.1. The predicted molar refractivity (Wildman–Crippen MR) is 61.3 cm³/mol. The monoisotopic (exact) mass is 271 g/mol. The highest BCUT2D eigenvalue weighted by Crippen LogP contribution is 2.21. The van der Waals surface area contributed by atoms with Gasteiger partial charge in [0, 0.05) is 6.54 Å². The molecule has 4 heteroatoms. The molecule has 0 fully saturated rings. The Hall–Kier alpha value is -1.05. The molecule has 15 heavy (non-hydrogen) atoms. The lowest BCUT2D eigenvalue weighted by atomic mass is 10.3. The maximum Gasteiger partial charge on any atom is 0.137 e. The second kappa shape index (κ2) is 6.44. The number of nitrogens with one attached hydrogen (secondary N) is 1. The Bertz CT molecular complexity index is 362. The van der Waals surface area contributed by atoms with E-state index in [1.165, 1.54) is 6.07 Å². The van der Waals surface area contributed by atoms with Crippen LogP contribution in [0.15, 0.2) is 22.7 Å². The first-order valence-corrected chi connectivity index (χ1v) is 5.25. The molecule has 0 radical (unpaired) electrons. The number of halogens is 2. The minimum Gasteiger partial charge on any atom is -0.492 e. The topological polar surface area (TPSA) is 21.3 Å². The highest BCUT2D eigenvalue weighted by atomic mass is 79.9. The molecule has 0 saturated heterocycles. The van der Waals surface area contributed by atoms with Gasteiger partial charge in [-0.05, 0) is 34.1 Å². The average molecular weight is 272 g/mol. The molecule has 0 amide bonds. The van der Waals surface area contributed by atoms with Gasteiger partial charge in [0.1, 0.15) is 18.2 Å². The molecule has 0 heterocycles. The van der Waals surface area contributed by atoms with Crippen LogP contribution in [0.2, 0.25) is 0 Å². The van der Waals surface area contributed by atoms with Crippen LogP contribution in [0.4, 0.5) is 4.39 Å². The van der Waals surface area contributed by atoms with Crippen molar-refractivity contribution in [1.29, 1.82) is 0 Å². The second-order valence-electron chi connectivity index (χ2n) is 2.81. The third kappa shape index (κ3) is 4.32. The maximum absolute atomic E-state index is 12.9. The fourth-order valence-electron chi connectivity index (χ4n) is 0.968. The first-order valence-electron chi connectivity index (χ1n) is 4.46. The van der Waals surface area contributed by atoms with E-state index in [1.54, 1.807) is 12.1 Å². The molecule has 1 aromatic rings. The van der Waals surface area contributed by atoms with Crippen molar-refractivity contribution in [2.24, 2.45) is 0 Å². The number of rotatable bonds is 5. The van der Waals surface area contributed by atoms with E-state index in [-0.39, 0.29) is 5.82 Å². The normalized spacial score (nSPS) is 9.67. The van der Waals surface area contributed by atoms with E-state index in [2.05, 4.69) is 27.2 Å². The number of benzene rings is 1. The van der Waals surface area contributed by atoms with Gasteiger partial charge in [0.2, 0.25) is 0 Å². The number of terminal acetylenes is 1. The summed E-state index contributed by atoms with van der Waals surface area (Å²) in [5, 5.41) is 2.98. The van der Waals surface area contributed by atoms with Gasteiger partial charge in [0.15, 0.2) is 0 Å². The molecule has 0 aromatic heterocycles. The third-order valence-corrected chi connectivity index (χ3v) is 2.27. The Morgan fingerprint density at radius 2 is 2.33 bits per heavy atom. The Morgan fingerprint density at radius 1 is 1.53 bits per heavy atom. The molecule has 0 aliphatic carbocycles. The molecule has 0 aliphatic rings. The fraction of sp³-hybridized carbons (Fsp3) is 0.273. The Labute approximate surface area is 97.0 Å². The van der Waals surface area contributed by atoms with Gasteiger partial charge in [0.25, 0.3) is 0 Å². The minimum absolute atomic E-state index is 0.298. The van der Waals surface area contributed by atoms with Gasteiger partial charge in [-0.3, -0.25) is 0 Å². The van der Waals surface area contributed by atoms with Crippen LogP contribution < -0.4 is 10.1 Å². The summed E-state index contributed by atoms with van der Waals surface area (Å²) >= 11 is 3.08. The van der Waals surface area contributed by atoms with Gasteiger partial charge in [0.05, 0.1) is 11.0 Å². The molecular formula is C11H11BrFNO. The SMILES string of the molecule is C#CCNCCOc1ccc(F)c(Br)c1. The minimum atomic E-state index is -0.298. The molecular weight excluding hydrogens is 261 g/mol. The van der Waals surface area contributed by atoms with Crippen molar-refractivity contribution >= 4 is 15.9 Å². The molecule has 1 rings (SSSR count). The van der Waals surface area contributed by atoms with Crippen LogP contribution in [0.25, 0.3) is 0 Å². The van der Waals surface area contributed by atoms with E-state index < -0.39 is 0 Å². The molecule has 0 bridgehead atoms. The summed E-state index contributed by atoms with van der Waals surface area (Å²) in [4.78, 5) is 0. The predicted octanol–water partition coefficient (Wildman–Crippen LogP) is 2.19. The van der Waals surface area contributed by atoms with E-state index in [4.69, 9.17) is 11.2 Å². The average Bonchev–Trinajstić information content (AvgIpc) is 2.23. The highest BCUT2D eigenvalue weighted by molar-refractivity contribution is 9.10. The van der Waals surface area contributed by atoms with Gasteiger partial charge in [-0.25, -0.2) is 4.39 Å². The lowest BCUT2D eigenvalue weighted by Crippen LogP contribution is -2.21. The number of hydrogen-bond acceptors (Lipinski definition) is 2. The number of ether oxygens (including phenoxy) is 1. The molecule has 1 N–H and O–H groups in total. The molecule has 0 spiro atoms. The Kier molecular flexibility index (Phi) is 5.16. The van der Waals surface area contributed by atoms with Crippen molar-refractivity contribution in [3.05, 3.63) is 28.5 Å². The lowest BCUT2D eigenvalue weighted by molar-refractivity contribution is 0.316. The molecule has 80 valence electrons. The summed E-state index contributed by atoms with van der Waals surface area (Å²) in [6, 6.07) is 4.53. The molecule has 0 aliphatic heterocycles. The maximum atomic E-state index is 12.9. The molecule has 0 unspecified atom stereocenters.